The quantitative estimate of drug-likeness (QED) is 0.0261. The highest BCUT2D eigenvalue weighted by atomic mass is 16.6. The molecule has 0 saturated heterocycles. The minimum absolute atomic E-state index is 0.0686. The minimum Gasteiger partial charge on any atom is -0.462 e. The predicted molar refractivity (Wildman–Crippen MR) is 358 cm³/mol. The molecule has 0 spiro atoms. The topological polar surface area (TPSA) is 78.9 Å². The zero-order valence-electron chi connectivity index (χ0n) is 55.5. The Labute approximate surface area is 512 Å². The highest BCUT2D eigenvalue weighted by molar-refractivity contribution is 5.71. The zero-order valence-corrected chi connectivity index (χ0v) is 55.5. The van der Waals surface area contributed by atoms with Gasteiger partial charge in [-0.25, -0.2) is 0 Å². The Balaban J connectivity index is 4.21. The SMILES string of the molecule is CCCCCCC/C=C\C/C=C\CCCCCCCCCCCCCCCCCCCC(=O)OCC(COC(=O)CCCCCCC/C=C\CCCCCCCC)OC(=O)CCCCCCCCCCCCCCCCCCCCCC. The van der Waals surface area contributed by atoms with Gasteiger partial charge >= 0.3 is 17.9 Å². The Morgan fingerprint density at radius 1 is 0.244 bits per heavy atom. The average Bonchev–Trinajstić information content (AvgIpc) is 3.47. The van der Waals surface area contributed by atoms with Gasteiger partial charge in [-0.2, -0.15) is 0 Å². The second kappa shape index (κ2) is 71.1. The first kappa shape index (κ1) is 79.6. The Kier molecular flexibility index (Phi) is 69.1. The summed E-state index contributed by atoms with van der Waals surface area (Å²) in [5.41, 5.74) is 0. The molecule has 0 bridgehead atoms. The first-order valence-corrected chi connectivity index (χ1v) is 37.0. The van der Waals surface area contributed by atoms with Crippen LogP contribution in [0.15, 0.2) is 36.5 Å². The van der Waals surface area contributed by atoms with Gasteiger partial charge in [-0.15, -0.1) is 0 Å². The molecule has 0 saturated carbocycles. The van der Waals surface area contributed by atoms with Crippen molar-refractivity contribution in [2.24, 2.45) is 0 Å². The summed E-state index contributed by atoms with van der Waals surface area (Å²) in [4.78, 5) is 38.5. The largest absolute Gasteiger partial charge is 0.462 e. The highest BCUT2D eigenvalue weighted by Gasteiger charge is 2.19. The van der Waals surface area contributed by atoms with Crippen LogP contribution in [-0.4, -0.2) is 37.2 Å². The summed E-state index contributed by atoms with van der Waals surface area (Å²) in [5, 5.41) is 0. The fraction of sp³-hybridized carbons (Fsp3) is 0.882. The molecule has 0 rings (SSSR count). The molecule has 6 heteroatoms. The van der Waals surface area contributed by atoms with Gasteiger partial charge in [0.15, 0.2) is 6.10 Å². The molecule has 0 aliphatic carbocycles. The van der Waals surface area contributed by atoms with Gasteiger partial charge in [-0.3, -0.25) is 14.4 Å². The zero-order chi connectivity index (χ0) is 59.2. The molecule has 0 aromatic heterocycles. The van der Waals surface area contributed by atoms with Gasteiger partial charge in [-0.05, 0) is 77.0 Å². The van der Waals surface area contributed by atoms with Crippen LogP contribution >= 0.6 is 0 Å². The van der Waals surface area contributed by atoms with Crippen LogP contribution in [-0.2, 0) is 28.6 Å². The van der Waals surface area contributed by atoms with Crippen LogP contribution in [0.3, 0.4) is 0 Å². The first-order chi connectivity index (χ1) is 40.5. The van der Waals surface area contributed by atoms with Crippen molar-refractivity contribution in [3.63, 3.8) is 0 Å². The smallest absolute Gasteiger partial charge is 0.306 e. The third-order valence-electron chi connectivity index (χ3n) is 16.9. The molecule has 0 heterocycles. The van der Waals surface area contributed by atoms with E-state index in [1.807, 2.05) is 0 Å². The number of esters is 3. The molecule has 6 nitrogen and oxygen atoms in total. The van der Waals surface area contributed by atoms with Crippen molar-refractivity contribution in [1.29, 1.82) is 0 Å². The highest BCUT2D eigenvalue weighted by Crippen LogP contribution is 2.19. The molecule has 0 amide bonds. The summed E-state index contributed by atoms with van der Waals surface area (Å²) in [7, 11) is 0. The summed E-state index contributed by atoms with van der Waals surface area (Å²) in [6.45, 7) is 6.70. The third kappa shape index (κ3) is 68.4. The van der Waals surface area contributed by atoms with Gasteiger partial charge in [0, 0.05) is 19.3 Å². The lowest BCUT2D eigenvalue weighted by Crippen LogP contribution is -2.30. The molecule has 1 unspecified atom stereocenters. The second-order valence-electron chi connectivity index (χ2n) is 25.2. The summed E-state index contributed by atoms with van der Waals surface area (Å²) < 4.78 is 17.0. The van der Waals surface area contributed by atoms with Gasteiger partial charge < -0.3 is 14.2 Å². The molecule has 0 aliphatic rings. The van der Waals surface area contributed by atoms with Crippen molar-refractivity contribution in [1.82, 2.24) is 0 Å². The molecular formula is C76H142O6. The first-order valence-electron chi connectivity index (χ1n) is 37.0. The van der Waals surface area contributed by atoms with Crippen LogP contribution in [0, 0.1) is 0 Å². The van der Waals surface area contributed by atoms with Crippen LogP contribution in [0.4, 0.5) is 0 Å². The van der Waals surface area contributed by atoms with Crippen molar-refractivity contribution >= 4 is 17.9 Å². The van der Waals surface area contributed by atoms with Gasteiger partial charge in [0.05, 0.1) is 0 Å². The Morgan fingerprint density at radius 2 is 0.439 bits per heavy atom. The van der Waals surface area contributed by atoms with Gasteiger partial charge in [0.25, 0.3) is 0 Å². The third-order valence-corrected chi connectivity index (χ3v) is 16.9. The van der Waals surface area contributed by atoms with Gasteiger partial charge in [0.1, 0.15) is 13.2 Å². The maximum atomic E-state index is 13.0. The van der Waals surface area contributed by atoms with E-state index in [4.69, 9.17) is 14.2 Å². The van der Waals surface area contributed by atoms with Crippen molar-refractivity contribution in [3.05, 3.63) is 36.5 Å². The molecule has 1 atom stereocenters. The molecule has 0 N–H and O–H groups in total. The molecule has 482 valence electrons. The fourth-order valence-electron chi connectivity index (χ4n) is 11.3. The maximum absolute atomic E-state index is 13.0. The predicted octanol–water partition coefficient (Wildman–Crippen LogP) is 25.5. The molecule has 0 fully saturated rings. The molecule has 0 aromatic rings. The van der Waals surface area contributed by atoms with E-state index in [9.17, 15) is 14.4 Å². The van der Waals surface area contributed by atoms with E-state index in [-0.39, 0.29) is 31.1 Å². The Hall–Kier alpha value is -2.37. The van der Waals surface area contributed by atoms with E-state index in [0.29, 0.717) is 19.3 Å². The monoisotopic (exact) mass is 1150 g/mol. The molecule has 0 aromatic carbocycles. The number of hydrogen-bond donors (Lipinski definition) is 0. The molecule has 0 aliphatic heterocycles. The molecule has 0 radical (unpaired) electrons. The number of rotatable bonds is 69. The standard InChI is InChI=1S/C76H142O6/c1-4-7-10-13-16-19-22-25-28-30-32-34-35-36-37-38-39-40-41-42-44-45-48-51-54-57-60-63-66-69-75(78)81-72-73(71-80-74(77)68-65-62-59-56-53-50-47-27-24-21-18-15-12-9-6-3)82-76(79)70-67-64-61-58-55-52-49-46-43-33-31-29-26-23-20-17-14-11-8-5-2/h22,25,27,30,32,47,73H,4-21,23-24,26,28-29,31,33-46,48-72H2,1-3H3/b25-22-,32-30-,47-27-. The summed E-state index contributed by atoms with van der Waals surface area (Å²) in [5.74, 6) is -0.844. The second-order valence-corrected chi connectivity index (χ2v) is 25.2. The van der Waals surface area contributed by atoms with Crippen LogP contribution in [0.1, 0.15) is 412 Å². The summed E-state index contributed by atoms with van der Waals surface area (Å²) >= 11 is 0. The van der Waals surface area contributed by atoms with Crippen LogP contribution < -0.4 is 0 Å². The summed E-state index contributed by atoms with van der Waals surface area (Å²) in [6.07, 6.45) is 89.0. The Morgan fingerprint density at radius 3 is 0.683 bits per heavy atom. The lowest BCUT2D eigenvalue weighted by atomic mass is 10.0. The lowest BCUT2D eigenvalue weighted by molar-refractivity contribution is -0.167. The summed E-state index contributed by atoms with van der Waals surface area (Å²) in [6, 6.07) is 0. The average molecular weight is 1150 g/mol. The van der Waals surface area contributed by atoms with E-state index in [0.717, 1.165) is 70.6 Å². The number of hydrogen-bond acceptors (Lipinski definition) is 6. The van der Waals surface area contributed by atoms with E-state index < -0.39 is 6.10 Å². The fourth-order valence-corrected chi connectivity index (χ4v) is 11.3. The Bertz CT molecular complexity index is 1370. The van der Waals surface area contributed by atoms with E-state index in [1.165, 1.54) is 302 Å². The lowest BCUT2D eigenvalue weighted by Gasteiger charge is -2.18. The van der Waals surface area contributed by atoms with Gasteiger partial charge in [-0.1, -0.05) is 353 Å². The van der Waals surface area contributed by atoms with E-state index in [2.05, 4.69) is 57.2 Å². The van der Waals surface area contributed by atoms with Crippen molar-refractivity contribution in [2.45, 2.75) is 419 Å². The number of unbranched alkanes of at least 4 members (excludes halogenated alkanes) is 52. The van der Waals surface area contributed by atoms with E-state index in [1.54, 1.807) is 0 Å². The van der Waals surface area contributed by atoms with Crippen LogP contribution in [0.5, 0.6) is 0 Å². The van der Waals surface area contributed by atoms with Gasteiger partial charge in [0.2, 0.25) is 0 Å². The van der Waals surface area contributed by atoms with Crippen molar-refractivity contribution in [2.75, 3.05) is 13.2 Å². The molecule has 82 heavy (non-hydrogen) atoms. The normalized spacial score (nSPS) is 12.2. The van der Waals surface area contributed by atoms with Crippen LogP contribution in [0.25, 0.3) is 0 Å². The molecular weight excluding hydrogens is 1010 g/mol. The number of ether oxygens (including phenoxy) is 3. The van der Waals surface area contributed by atoms with E-state index >= 15 is 0 Å². The minimum atomic E-state index is -0.773. The number of carbonyl (C=O) groups is 3. The van der Waals surface area contributed by atoms with Crippen LogP contribution in [0.2, 0.25) is 0 Å². The van der Waals surface area contributed by atoms with Crippen molar-refractivity contribution < 1.29 is 28.6 Å². The maximum Gasteiger partial charge on any atom is 0.306 e. The number of carbonyl (C=O) groups excluding carboxylic acids is 3. The number of allylic oxidation sites excluding steroid dienone is 6. The van der Waals surface area contributed by atoms with Crippen molar-refractivity contribution in [3.8, 4) is 0 Å².